The summed E-state index contributed by atoms with van der Waals surface area (Å²) in [5, 5.41) is 6.69. The van der Waals surface area contributed by atoms with Gasteiger partial charge in [0.1, 0.15) is 0 Å². The van der Waals surface area contributed by atoms with Crippen molar-refractivity contribution in [3.63, 3.8) is 0 Å². The molecule has 2 N–H and O–H groups in total. The minimum Gasteiger partial charge on any atom is -0.353 e. The number of nitrogens with one attached hydrogen (secondary N) is 2. The second-order valence-corrected chi connectivity index (χ2v) is 5.77. The molecule has 3 nitrogen and oxygen atoms in total. The fraction of sp³-hybridized carbons (Fsp3) is 0.800. The first kappa shape index (κ1) is 13.6. The van der Waals surface area contributed by atoms with Crippen LogP contribution in [-0.4, -0.2) is 25.0 Å². The molecule has 1 aliphatic carbocycles. The van der Waals surface area contributed by atoms with Gasteiger partial charge in [-0.25, -0.2) is 0 Å². The van der Waals surface area contributed by atoms with Crippen LogP contribution in [-0.2, 0) is 4.79 Å². The van der Waals surface area contributed by atoms with Crippen LogP contribution >= 0.6 is 0 Å². The summed E-state index contributed by atoms with van der Waals surface area (Å²) in [6, 6.07) is 0.359. The van der Waals surface area contributed by atoms with E-state index in [1.165, 1.54) is 0 Å². The number of rotatable bonds is 4. The third-order valence-electron chi connectivity index (χ3n) is 4.29. The van der Waals surface area contributed by atoms with E-state index in [4.69, 9.17) is 0 Å². The normalized spacial score (nSPS) is 32.2. The number of allylic oxidation sites excluding steroid dienone is 1. The van der Waals surface area contributed by atoms with E-state index in [2.05, 4.69) is 29.7 Å². The molecule has 1 fully saturated rings. The molecular formula is C15H26N2O. The van der Waals surface area contributed by atoms with Gasteiger partial charge in [0, 0.05) is 12.6 Å². The van der Waals surface area contributed by atoms with Gasteiger partial charge in [-0.1, -0.05) is 25.5 Å². The van der Waals surface area contributed by atoms with Crippen molar-refractivity contribution < 1.29 is 4.79 Å². The molecule has 2 unspecified atom stereocenters. The first-order valence-corrected chi connectivity index (χ1v) is 7.43. The quantitative estimate of drug-likeness (QED) is 0.752. The highest BCUT2D eigenvalue weighted by atomic mass is 16.2. The monoisotopic (exact) mass is 250 g/mol. The van der Waals surface area contributed by atoms with E-state index in [9.17, 15) is 4.79 Å². The zero-order chi connectivity index (χ0) is 12.8. The zero-order valence-corrected chi connectivity index (χ0v) is 11.5. The second kappa shape index (κ2) is 6.37. The number of carbonyl (C=O) groups excluding carboxylic acids is 1. The maximum atomic E-state index is 12.6. The molecule has 0 radical (unpaired) electrons. The molecule has 0 aromatic rings. The highest BCUT2D eigenvalue weighted by Gasteiger charge is 2.39. The van der Waals surface area contributed by atoms with E-state index in [1.54, 1.807) is 0 Å². The predicted molar refractivity (Wildman–Crippen MR) is 74.4 cm³/mol. The Labute approximate surface area is 110 Å². The number of hydrogen-bond donors (Lipinski definition) is 2. The highest BCUT2D eigenvalue weighted by molar-refractivity contribution is 5.83. The Morgan fingerprint density at radius 1 is 1.50 bits per heavy atom. The summed E-state index contributed by atoms with van der Waals surface area (Å²) >= 11 is 0. The molecule has 0 aromatic carbocycles. The molecule has 102 valence electrons. The number of hydrogen-bond acceptors (Lipinski definition) is 2. The molecule has 1 saturated heterocycles. The lowest BCUT2D eigenvalue weighted by Gasteiger charge is -2.37. The Kier molecular flexibility index (Phi) is 4.81. The van der Waals surface area contributed by atoms with Crippen molar-refractivity contribution in [2.45, 2.75) is 57.9 Å². The third-order valence-corrected chi connectivity index (χ3v) is 4.29. The average molecular weight is 250 g/mol. The Bertz CT molecular complexity index is 300. The maximum Gasteiger partial charge on any atom is 0.227 e. The molecule has 2 atom stereocenters. The first-order chi connectivity index (χ1) is 8.77. The van der Waals surface area contributed by atoms with Crippen LogP contribution in [0, 0.1) is 5.41 Å². The summed E-state index contributed by atoms with van der Waals surface area (Å²) in [5.41, 5.74) is -0.145. The molecule has 0 bridgehead atoms. The van der Waals surface area contributed by atoms with Gasteiger partial charge < -0.3 is 10.6 Å². The summed E-state index contributed by atoms with van der Waals surface area (Å²) in [7, 11) is 0. The van der Waals surface area contributed by atoms with Crippen LogP contribution in [0.25, 0.3) is 0 Å². The highest BCUT2D eigenvalue weighted by Crippen LogP contribution is 2.32. The van der Waals surface area contributed by atoms with Crippen molar-refractivity contribution in [3.8, 4) is 0 Å². The SMILES string of the molecule is CCCC1(C(=O)NC2CC=CCC2)CCCNC1. The van der Waals surface area contributed by atoms with Crippen LogP contribution < -0.4 is 10.6 Å². The molecule has 0 spiro atoms. The predicted octanol–water partition coefficient (Wildman–Crippen LogP) is 2.38. The summed E-state index contributed by atoms with van der Waals surface area (Å²) in [6.07, 6.45) is 11.9. The molecule has 0 saturated carbocycles. The summed E-state index contributed by atoms with van der Waals surface area (Å²) in [5.74, 6) is 0.289. The molecule has 3 heteroatoms. The Morgan fingerprint density at radius 3 is 3.00 bits per heavy atom. The molecule has 1 amide bonds. The fourth-order valence-electron chi connectivity index (χ4n) is 3.23. The summed E-state index contributed by atoms with van der Waals surface area (Å²) in [6.45, 7) is 4.09. The minimum absolute atomic E-state index is 0.145. The number of carbonyl (C=O) groups is 1. The zero-order valence-electron chi connectivity index (χ0n) is 11.5. The van der Waals surface area contributed by atoms with E-state index in [1.807, 2.05) is 0 Å². The van der Waals surface area contributed by atoms with Crippen molar-refractivity contribution in [1.29, 1.82) is 0 Å². The van der Waals surface area contributed by atoms with E-state index >= 15 is 0 Å². The minimum atomic E-state index is -0.145. The van der Waals surface area contributed by atoms with Gasteiger partial charge in [-0.05, 0) is 45.1 Å². The van der Waals surface area contributed by atoms with Gasteiger partial charge in [0.25, 0.3) is 0 Å². The van der Waals surface area contributed by atoms with Gasteiger partial charge in [-0.3, -0.25) is 4.79 Å². The van der Waals surface area contributed by atoms with Crippen LogP contribution in [0.15, 0.2) is 12.2 Å². The van der Waals surface area contributed by atoms with Crippen molar-refractivity contribution in [3.05, 3.63) is 12.2 Å². The van der Waals surface area contributed by atoms with Crippen LogP contribution in [0.3, 0.4) is 0 Å². The van der Waals surface area contributed by atoms with Gasteiger partial charge >= 0.3 is 0 Å². The fourth-order valence-corrected chi connectivity index (χ4v) is 3.23. The summed E-state index contributed by atoms with van der Waals surface area (Å²) in [4.78, 5) is 12.6. The Hall–Kier alpha value is -0.830. The van der Waals surface area contributed by atoms with Gasteiger partial charge in [0.15, 0.2) is 0 Å². The van der Waals surface area contributed by atoms with Gasteiger partial charge in [-0.15, -0.1) is 0 Å². The van der Waals surface area contributed by atoms with Crippen LogP contribution in [0.1, 0.15) is 51.9 Å². The molecular weight excluding hydrogens is 224 g/mol. The Balaban J connectivity index is 1.96. The standard InChI is InChI=1S/C15H26N2O/c1-2-9-15(10-6-11-16-12-15)14(18)17-13-7-4-3-5-8-13/h3-4,13,16H,2,5-12H2,1H3,(H,17,18). The lowest BCUT2D eigenvalue weighted by molar-refractivity contribution is -0.133. The maximum absolute atomic E-state index is 12.6. The van der Waals surface area contributed by atoms with Gasteiger partial charge in [0.05, 0.1) is 5.41 Å². The molecule has 1 heterocycles. The van der Waals surface area contributed by atoms with Crippen molar-refractivity contribution in [1.82, 2.24) is 10.6 Å². The number of amides is 1. The smallest absolute Gasteiger partial charge is 0.227 e. The number of piperidine rings is 1. The van der Waals surface area contributed by atoms with Crippen LogP contribution in [0.4, 0.5) is 0 Å². The lowest BCUT2D eigenvalue weighted by atomic mass is 9.76. The molecule has 2 aliphatic rings. The van der Waals surface area contributed by atoms with Gasteiger partial charge in [-0.2, -0.15) is 0 Å². The Morgan fingerprint density at radius 2 is 2.39 bits per heavy atom. The molecule has 0 aromatic heterocycles. The van der Waals surface area contributed by atoms with Crippen LogP contribution in [0.5, 0.6) is 0 Å². The van der Waals surface area contributed by atoms with E-state index in [-0.39, 0.29) is 11.3 Å². The lowest BCUT2D eigenvalue weighted by Crippen LogP contribution is -2.52. The van der Waals surface area contributed by atoms with Crippen LogP contribution in [0.2, 0.25) is 0 Å². The first-order valence-electron chi connectivity index (χ1n) is 7.43. The van der Waals surface area contributed by atoms with E-state index < -0.39 is 0 Å². The molecule has 2 rings (SSSR count). The molecule has 18 heavy (non-hydrogen) atoms. The van der Waals surface area contributed by atoms with E-state index in [0.29, 0.717) is 6.04 Å². The van der Waals surface area contributed by atoms with Crippen molar-refractivity contribution in [2.75, 3.05) is 13.1 Å². The molecule has 1 aliphatic heterocycles. The van der Waals surface area contributed by atoms with E-state index in [0.717, 1.165) is 58.0 Å². The van der Waals surface area contributed by atoms with Gasteiger partial charge in [0.2, 0.25) is 5.91 Å². The average Bonchev–Trinajstić information content (AvgIpc) is 2.41. The summed E-state index contributed by atoms with van der Waals surface area (Å²) < 4.78 is 0. The second-order valence-electron chi connectivity index (χ2n) is 5.77. The third kappa shape index (κ3) is 3.14. The van der Waals surface area contributed by atoms with Crippen molar-refractivity contribution in [2.24, 2.45) is 5.41 Å². The largest absolute Gasteiger partial charge is 0.353 e. The topological polar surface area (TPSA) is 41.1 Å². The van der Waals surface area contributed by atoms with Crippen molar-refractivity contribution >= 4 is 5.91 Å².